The van der Waals surface area contributed by atoms with Crippen molar-refractivity contribution in [3.8, 4) is 22.9 Å². The van der Waals surface area contributed by atoms with Crippen LogP contribution in [-0.2, 0) is 28.7 Å². The highest BCUT2D eigenvalue weighted by Gasteiger charge is 2.45. The summed E-state index contributed by atoms with van der Waals surface area (Å²) in [5.74, 6) is -2.83. The van der Waals surface area contributed by atoms with Gasteiger partial charge in [-0.3, -0.25) is 24.0 Å². The third kappa shape index (κ3) is 12.8. The first-order valence-corrected chi connectivity index (χ1v) is 23.1. The van der Waals surface area contributed by atoms with Gasteiger partial charge in [0.2, 0.25) is 23.5 Å². The van der Waals surface area contributed by atoms with Crippen LogP contribution in [-0.4, -0.2) is 99.9 Å². The molecule has 66 heavy (non-hydrogen) atoms. The number of anilines is 3. The molecule has 0 saturated carbocycles. The molecule has 0 unspecified atom stereocenters. The van der Waals surface area contributed by atoms with Crippen LogP contribution in [0.1, 0.15) is 87.0 Å². The van der Waals surface area contributed by atoms with Crippen molar-refractivity contribution in [2.45, 2.75) is 123 Å². The molecular weight excluding hydrogens is 865 g/mol. The number of aromatic nitrogens is 2. The maximum Gasteiger partial charge on any atom is 0.408 e. The Morgan fingerprint density at radius 1 is 0.924 bits per heavy atom. The SMILES string of the molecule is COc1ccc2c(O[C@H]3C[C@@H](C(=O)N[C@@H]4CC/C=C/CCCC(=O)Nc5ccccc5NC(=O)C4=O)N(C(=O)[C@H](NC(=O)OC(C)(C)C)C(C)C)C3)cc(-c3csc(NC(C)C)n3)nc2c1. The largest absolute Gasteiger partial charge is 0.497 e. The number of nitrogens with one attached hydrogen (secondary N) is 5. The summed E-state index contributed by atoms with van der Waals surface area (Å²) in [6.45, 7) is 12.6. The molecule has 2 aliphatic heterocycles. The van der Waals surface area contributed by atoms with Crippen LogP contribution < -0.4 is 36.1 Å². The minimum absolute atomic E-state index is 0.0105. The van der Waals surface area contributed by atoms with Crippen molar-refractivity contribution in [2.75, 3.05) is 29.6 Å². The second-order valence-corrected chi connectivity index (χ2v) is 18.8. The zero-order valence-electron chi connectivity index (χ0n) is 38.7. The van der Waals surface area contributed by atoms with Crippen molar-refractivity contribution < 1.29 is 43.0 Å². The first kappa shape index (κ1) is 48.9. The van der Waals surface area contributed by atoms with Crippen LogP contribution in [0.3, 0.4) is 0 Å². The molecule has 2 aromatic heterocycles. The van der Waals surface area contributed by atoms with Crippen LogP contribution in [0.2, 0.25) is 0 Å². The summed E-state index contributed by atoms with van der Waals surface area (Å²) < 4.78 is 17.8. The summed E-state index contributed by atoms with van der Waals surface area (Å²) >= 11 is 1.44. The molecule has 0 spiro atoms. The van der Waals surface area contributed by atoms with Gasteiger partial charge in [-0.05, 0) is 90.5 Å². The maximum absolute atomic E-state index is 14.7. The van der Waals surface area contributed by atoms with Crippen LogP contribution in [0.5, 0.6) is 11.5 Å². The third-order valence-corrected chi connectivity index (χ3v) is 11.5. The van der Waals surface area contributed by atoms with E-state index in [0.29, 0.717) is 58.7 Å². The molecule has 4 atom stereocenters. The normalized spacial score (nSPS) is 19.5. The number of benzene rings is 2. The number of fused-ring (bicyclic) bond motifs is 2. The average molecular weight is 925 g/mol. The van der Waals surface area contributed by atoms with Gasteiger partial charge in [0.1, 0.15) is 41.0 Å². The molecule has 4 heterocycles. The molecule has 0 radical (unpaired) electrons. The van der Waals surface area contributed by atoms with Crippen molar-refractivity contribution in [2.24, 2.45) is 5.92 Å². The number of nitrogens with zero attached hydrogens (tertiary/aromatic N) is 3. The lowest BCUT2D eigenvalue weighted by molar-refractivity contribution is -0.142. The number of pyridine rings is 1. The molecule has 2 aromatic carbocycles. The van der Waals surface area contributed by atoms with Gasteiger partial charge in [-0.15, -0.1) is 11.3 Å². The van der Waals surface area contributed by atoms with Crippen molar-refractivity contribution in [3.05, 3.63) is 66.1 Å². The number of amides is 5. The molecule has 5 amide bonds. The number of Topliss-reactive ketones (excluding diaryl/α,β-unsaturated/α-hetero) is 1. The Kier molecular flexibility index (Phi) is 16.0. The van der Waals surface area contributed by atoms with Crippen molar-refractivity contribution in [1.82, 2.24) is 25.5 Å². The number of rotatable bonds is 11. The van der Waals surface area contributed by atoms with Crippen LogP contribution in [0.15, 0.2) is 66.1 Å². The lowest BCUT2D eigenvalue weighted by Crippen LogP contribution is -2.57. The van der Waals surface area contributed by atoms with Crippen LogP contribution in [0, 0.1) is 5.92 Å². The maximum atomic E-state index is 14.7. The highest BCUT2D eigenvalue weighted by molar-refractivity contribution is 7.14. The van der Waals surface area contributed by atoms with E-state index in [9.17, 15) is 28.8 Å². The molecular formula is C48H60N8O9S. The lowest BCUT2D eigenvalue weighted by Gasteiger charge is -2.31. The number of para-hydroxylation sites is 2. The molecule has 6 rings (SSSR count). The Morgan fingerprint density at radius 2 is 1.65 bits per heavy atom. The lowest BCUT2D eigenvalue weighted by atomic mass is 10.0. The number of ketones is 1. The monoisotopic (exact) mass is 924 g/mol. The summed E-state index contributed by atoms with van der Waals surface area (Å²) in [4.78, 5) is 93.8. The Balaban J connectivity index is 1.33. The smallest absolute Gasteiger partial charge is 0.408 e. The molecule has 352 valence electrons. The van der Waals surface area contributed by atoms with Crippen LogP contribution in [0.25, 0.3) is 22.3 Å². The Bertz CT molecular complexity index is 2460. The van der Waals surface area contributed by atoms with E-state index in [4.69, 9.17) is 24.2 Å². The minimum Gasteiger partial charge on any atom is -0.497 e. The van der Waals surface area contributed by atoms with Gasteiger partial charge in [0, 0.05) is 41.8 Å². The van der Waals surface area contributed by atoms with E-state index in [1.807, 2.05) is 37.4 Å². The number of likely N-dealkylation sites (tertiary alicyclic amines) is 1. The molecule has 0 bridgehead atoms. The van der Waals surface area contributed by atoms with Crippen LogP contribution >= 0.6 is 11.3 Å². The zero-order chi connectivity index (χ0) is 47.7. The van der Waals surface area contributed by atoms with Gasteiger partial charge in [0.25, 0.3) is 5.91 Å². The highest BCUT2D eigenvalue weighted by atomic mass is 32.1. The fourth-order valence-electron chi connectivity index (χ4n) is 7.59. The number of hydrogen-bond acceptors (Lipinski definition) is 13. The van der Waals surface area contributed by atoms with E-state index < -0.39 is 65.3 Å². The van der Waals surface area contributed by atoms with E-state index >= 15 is 0 Å². The number of methoxy groups -OCH3 is 1. The Hall–Kier alpha value is -6.56. The molecule has 4 aromatic rings. The van der Waals surface area contributed by atoms with Crippen LogP contribution in [0.4, 0.5) is 21.3 Å². The average Bonchev–Trinajstić information content (AvgIpc) is 3.91. The topological polar surface area (TPSA) is 219 Å². The van der Waals surface area contributed by atoms with Gasteiger partial charge in [-0.2, -0.15) is 0 Å². The molecule has 1 fully saturated rings. The van der Waals surface area contributed by atoms with Gasteiger partial charge in [0.15, 0.2) is 5.13 Å². The molecule has 5 N–H and O–H groups in total. The fourth-order valence-corrected chi connectivity index (χ4v) is 8.44. The second-order valence-electron chi connectivity index (χ2n) is 18.0. The van der Waals surface area contributed by atoms with Crippen molar-refractivity contribution in [3.63, 3.8) is 0 Å². The number of ether oxygens (including phenoxy) is 3. The molecule has 1 saturated heterocycles. The number of hydrogen-bond donors (Lipinski definition) is 5. The van der Waals surface area contributed by atoms with E-state index in [0.717, 1.165) is 5.13 Å². The standard InChI is InChI=1S/C48H60N8O9S/c1-27(2)41(55-47(62)65-48(5,6)7)45(61)56-25-30(64-39-24-36(37-26-66-46(54-37)49-28(3)4)50-35-22-29(63-8)20-21-31(35)39)23-38(56)43(59)53-34-18-12-10-9-11-13-19-40(57)51-32-16-14-15-17-33(32)52-44(60)42(34)58/h9-10,14-17,20-22,24,26-28,30,34,38,41H,11-13,18-19,23,25H2,1-8H3,(H,49,54)(H,51,57)(H,52,60)(H,53,59)(H,55,62)/b10-9+/t30-,34+,38-,41+/m0/s1. The summed E-state index contributed by atoms with van der Waals surface area (Å²) in [5.41, 5.74) is 1.41. The number of carbonyl (C=O) groups excluding carboxylic acids is 6. The Labute approximate surface area is 388 Å². The predicted octanol–water partition coefficient (Wildman–Crippen LogP) is 7.24. The second kappa shape index (κ2) is 21.6. The number of carbonyl (C=O) groups is 6. The predicted molar refractivity (Wildman–Crippen MR) is 254 cm³/mol. The minimum atomic E-state index is -1.29. The van der Waals surface area contributed by atoms with Crippen molar-refractivity contribution in [1.29, 1.82) is 0 Å². The summed E-state index contributed by atoms with van der Waals surface area (Å²) in [7, 11) is 1.56. The van der Waals surface area contributed by atoms with E-state index in [1.165, 1.54) is 16.2 Å². The number of allylic oxidation sites excluding steroid dienone is 2. The van der Waals surface area contributed by atoms with Gasteiger partial charge in [0.05, 0.1) is 42.3 Å². The summed E-state index contributed by atoms with van der Waals surface area (Å²) in [6, 6.07) is 10.3. The van der Waals surface area contributed by atoms with Gasteiger partial charge >= 0.3 is 6.09 Å². The molecule has 18 heteroatoms. The summed E-state index contributed by atoms with van der Waals surface area (Å²) in [5, 5.41) is 17.5. The third-order valence-electron chi connectivity index (χ3n) is 10.8. The van der Waals surface area contributed by atoms with E-state index in [-0.39, 0.29) is 43.4 Å². The molecule has 17 nitrogen and oxygen atoms in total. The molecule has 2 aliphatic rings. The molecule has 0 aliphatic carbocycles. The van der Waals surface area contributed by atoms with E-state index in [1.54, 1.807) is 84.2 Å². The van der Waals surface area contributed by atoms with Gasteiger partial charge < -0.3 is 45.7 Å². The highest BCUT2D eigenvalue weighted by Crippen LogP contribution is 2.36. The summed E-state index contributed by atoms with van der Waals surface area (Å²) in [6.07, 6.45) is 4.01. The quantitative estimate of drug-likeness (QED) is 0.0743. The number of thiazole rings is 1. The first-order valence-electron chi connectivity index (χ1n) is 22.3. The zero-order valence-corrected chi connectivity index (χ0v) is 39.5. The van der Waals surface area contributed by atoms with Crippen molar-refractivity contribution >= 4 is 74.3 Å². The number of alkyl carbamates (subject to hydrolysis) is 1. The fraction of sp³-hybridized carbons (Fsp3) is 0.458. The van der Waals surface area contributed by atoms with Gasteiger partial charge in [-0.1, -0.05) is 38.1 Å². The first-order chi connectivity index (χ1) is 31.4. The van der Waals surface area contributed by atoms with E-state index in [2.05, 4.69) is 26.6 Å². The Morgan fingerprint density at radius 3 is 2.35 bits per heavy atom. The van der Waals surface area contributed by atoms with Gasteiger partial charge in [-0.25, -0.2) is 14.8 Å².